The minimum absolute atomic E-state index is 0.193. The van der Waals surface area contributed by atoms with E-state index in [4.69, 9.17) is 0 Å². The number of nitrogens with one attached hydrogen (secondary N) is 1. The lowest BCUT2D eigenvalue weighted by atomic mass is 10.1. The van der Waals surface area contributed by atoms with Crippen LogP contribution in [0.3, 0.4) is 0 Å². The van der Waals surface area contributed by atoms with E-state index in [1.165, 1.54) is 13.0 Å². The molecule has 21 heavy (non-hydrogen) atoms. The minimum Gasteiger partial charge on any atom is -0.326 e. The number of halogens is 3. The van der Waals surface area contributed by atoms with Crippen LogP contribution in [0.25, 0.3) is 0 Å². The second kappa shape index (κ2) is 5.63. The van der Waals surface area contributed by atoms with Gasteiger partial charge in [0.2, 0.25) is 5.95 Å². The van der Waals surface area contributed by atoms with E-state index in [1.807, 2.05) is 13.1 Å². The summed E-state index contributed by atoms with van der Waals surface area (Å²) in [6, 6.07) is 4.14. The Labute approximate surface area is 121 Å². The zero-order valence-corrected chi connectivity index (χ0v) is 11.8. The second-order valence-electron chi connectivity index (χ2n) is 4.80. The largest absolute Gasteiger partial charge is 0.416 e. The van der Waals surface area contributed by atoms with Crippen LogP contribution in [-0.4, -0.2) is 9.55 Å². The Morgan fingerprint density at radius 3 is 2.67 bits per heavy atom. The van der Waals surface area contributed by atoms with Crippen molar-refractivity contribution >= 4 is 11.6 Å². The van der Waals surface area contributed by atoms with E-state index in [-0.39, 0.29) is 5.56 Å². The van der Waals surface area contributed by atoms with Gasteiger partial charge in [0, 0.05) is 18.4 Å². The second-order valence-corrected chi connectivity index (χ2v) is 4.80. The lowest BCUT2D eigenvalue weighted by Gasteiger charge is -2.13. The SMILES string of the molecule is C=CCn1cc(C)nc1Nc1ccc(C)c(C(F)(F)F)c1. The summed E-state index contributed by atoms with van der Waals surface area (Å²) in [5, 5.41) is 2.92. The monoisotopic (exact) mass is 295 g/mol. The van der Waals surface area contributed by atoms with Crippen molar-refractivity contribution in [1.82, 2.24) is 9.55 Å². The summed E-state index contributed by atoms with van der Waals surface area (Å²) in [6.45, 7) is 7.44. The first-order chi connectivity index (χ1) is 9.81. The van der Waals surface area contributed by atoms with E-state index in [0.717, 1.165) is 11.8 Å². The van der Waals surface area contributed by atoms with E-state index in [1.54, 1.807) is 16.7 Å². The van der Waals surface area contributed by atoms with E-state index in [0.29, 0.717) is 18.2 Å². The molecule has 0 unspecified atom stereocenters. The highest BCUT2D eigenvalue weighted by Gasteiger charge is 2.32. The molecular formula is C15H16F3N3. The molecular weight excluding hydrogens is 279 g/mol. The molecule has 0 amide bonds. The topological polar surface area (TPSA) is 29.9 Å². The van der Waals surface area contributed by atoms with E-state index in [9.17, 15) is 13.2 Å². The number of rotatable bonds is 4. The summed E-state index contributed by atoms with van der Waals surface area (Å²) in [6.07, 6.45) is -0.861. The van der Waals surface area contributed by atoms with Gasteiger partial charge in [0.25, 0.3) is 0 Å². The van der Waals surface area contributed by atoms with Crippen molar-refractivity contribution in [2.75, 3.05) is 5.32 Å². The summed E-state index contributed by atoms with van der Waals surface area (Å²) < 4.78 is 40.5. The van der Waals surface area contributed by atoms with Gasteiger partial charge in [-0.25, -0.2) is 4.98 Å². The average Bonchev–Trinajstić information content (AvgIpc) is 2.71. The number of alkyl halides is 3. The molecule has 0 aliphatic carbocycles. The van der Waals surface area contributed by atoms with Gasteiger partial charge >= 0.3 is 6.18 Å². The fourth-order valence-corrected chi connectivity index (χ4v) is 2.06. The highest BCUT2D eigenvalue weighted by molar-refractivity contribution is 5.57. The Hall–Kier alpha value is -2.24. The summed E-state index contributed by atoms with van der Waals surface area (Å²) in [4.78, 5) is 4.26. The first-order valence-corrected chi connectivity index (χ1v) is 6.41. The molecule has 0 radical (unpaired) electrons. The van der Waals surface area contributed by atoms with Crippen molar-refractivity contribution in [1.29, 1.82) is 0 Å². The smallest absolute Gasteiger partial charge is 0.326 e. The minimum atomic E-state index is -4.37. The molecule has 1 aromatic heterocycles. The fourth-order valence-electron chi connectivity index (χ4n) is 2.06. The lowest BCUT2D eigenvalue weighted by Crippen LogP contribution is -2.09. The molecule has 1 aromatic carbocycles. The highest BCUT2D eigenvalue weighted by atomic mass is 19.4. The van der Waals surface area contributed by atoms with Gasteiger partial charge in [0.15, 0.2) is 0 Å². The number of nitrogens with zero attached hydrogens (tertiary/aromatic N) is 2. The molecule has 0 fully saturated rings. The van der Waals surface area contributed by atoms with Crippen molar-refractivity contribution < 1.29 is 13.2 Å². The number of hydrogen-bond donors (Lipinski definition) is 1. The molecule has 0 aliphatic heterocycles. The Kier molecular flexibility index (Phi) is 4.06. The quantitative estimate of drug-likeness (QED) is 0.845. The molecule has 0 aliphatic rings. The lowest BCUT2D eigenvalue weighted by molar-refractivity contribution is -0.138. The molecule has 2 rings (SSSR count). The van der Waals surface area contributed by atoms with Crippen LogP contribution in [0, 0.1) is 13.8 Å². The Balaban J connectivity index is 2.34. The predicted molar refractivity (Wildman–Crippen MR) is 76.6 cm³/mol. The van der Waals surface area contributed by atoms with E-state index in [2.05, 4.69) is 16.9 Å². The first kappa shape index (κ1) is 15.2. The molecule has 2 aromatic rings. The van der Waals surface area contributed by atoms with Crippen LogP contribution in [0.1, 0.15) is 16.8 Å². The maximum atomic E-state index is 12.9. The molecule has 0 saturated carbocycles. The van der Waals surface area contributed by atoms with Crippen molar-refractivity contribution in [3.63, 3.8) is 0 Å². The van der Waals surface area contributed by atoms with Crippen LogP contribution in [0.4, 0.5) is 24.8 Å². The standard InChI is InChI=1S/C15H16F3N3/c1-4-7-21-9-11(3)19-14(21)20-12-6-5-10(2)13(8-12)15(16,17)18/h4-6,8-9H,1,7H2,2-3H3,(H,19,20). The summed E-state index contributed by atoms with van der Waals surface area (Å²) in [5.41, 5.74) is 0.677. The Bertz CT molecular complexity index is 657. The number of imidazole rings is 1. The molecule has 0 spiro atoms. The predicted octanol–water partition coefficient (Wildman–Crippen LogP) is 4.45. The molecule has 0 saturated heterocycles. The van der Waals surface area contributed by atoms with Crippen LogP contribution in [-0.2, 0) is 12.7 Å². The average molecular weight is 295 g/mol. The third-order valence-corrected chi connectivity index (χ3v) is 3.02. The maximum Gasteiger partial charge on any atom is 0.416 e. The fraction of sp³-hybridized carbons (Fsp3) is 0.267. The van der Waals surface area contributed by atoms with E-state index >= 15 is 0 Å². The molecule has 1 N–H and O–H groups in total. The van der Waals surface area contributed by atoms with Crippen LogP contribution >= 0.6 is 0 Å². The van der Waals surface area contributed by atoms with Gasteiger partial charge in [-0.2, -0.15) is 13.2 Å². The van der Waals surface area contributed by atoms with Gasteiger partial charge in [0.05, 0.1) is 11.3 Å². The molecule has 1 heterocycles. The zero-order chi connectivity index (χ0) is 15.6. The molecule has 6 heteroatoms. The summed E-state index contributed by atoms with van der Waals surface area (Å²) in [5.74, 6) is 0.490. The number of benzene rings is 1. The number of aromatic nitrogens is 2. The molecule has 112 valence electrons. The molecule has 3 nitrogen and oxygen atoms in total. The van der Waals surface area contributed by atoms with Crippen LogP contribution in [0.5, 0.6) is 0 Å². The molecule has 0 atom stereocenters. The van der Waals surface area contributed by atoms with Gasteiger partial charge in [0.1, 0.15) is 0 Å². The van der Waals surface area contributed by atoms with Crippen molar-refractivity contribution in [3.05, 3.63) is 53.9 Å². The maximum absolute atomic E-state index is 12.9. The van der Waals surface area contributed by atoms with Crippen molar-refractivity contribution in [2.24, 2.45) is 0 Å². The molecule has 0 bridgehead atoms. The highest BCUT2D eigenvalue weighted by Crippen LogP contribution is 2.34. The third-order valence-electron chi connectivity index (χ3n) is 3.02. The van der Waals surface area contributed by atoms with Crippen LogP contribution < -0.4 is 5.32 Å². The third kappa shape index (κ3) is 3.45. The number of allylic oxidation sites excluding steroid dienone is 1. The first-order valence-electron chi connectivity index (χ1n) is 6.41. The Morgan fingerprint density at radius 2 is 2.05 bits per heavy atom. The normalized spacial score (nSPS) is 11.5. The number of hydrogen-bond acceptors (Lipinski definition) is 2. The van der Waals surface area contributed by atoms with Crippen LogP contribution in [0.2, 0.25) is 0 Å². The van der Waals surface area contributed by atoms with Crippen molar-refractivity contribution in [3.8, 4) is 0 Å². The van der Waals surface area contributed by atoms with Crippen LogP contribution in [0.15, 0.2) is 37.1 Å². The number of anilines is 2. The van der Waals surface area contributed by atoms with Gasteiger partial charge < -0.3 is 9.88 Å². The number of aryl methyl sites for hydroxylation is 2. The summed E-state index contributed by atoms with van der Waals surface area (Å²) >= 11 is 0. The van der Waals surface area contributed by atoms with Gasteiger partial charge in [-0.3, -0.25) is 0 Å². The van der Waals surface area contributed by atoms with Crippen molar-refractivity contribution in [2.45, 2.75) is 26.6 Å². The van der Waals surface area contributed by atoms with Gasteiger partial charge in [-0.1, -0.05) is 12.1 Å². The summed E-state index contributed by atoms with van der Waals surface area (Å²) in [7, 11) is 0. The van der Waals surface area contributed by atoms with Gasteiger partial charge in [-0.05, 0) is 31.5 Å². The zero-order valence-electron chi connectivity index (χ0n) is 11.8. The van der Waals surface area contributed by atoms with Gasteiger partial charge in [-0.15, -0.1) is 6.58 Å². The van der Waals surface area contributed by atoms with E-state index < -0.39 is 11.7 Å². The Morgan fingerprint density at radius 1 is 1.33 bits per heavy atom.